The molecule has 1 N–H and O–H groups in total. The van der Waals surface area contributed by atoms with Gasteiger partial charge in [0.1, 0.15) is 11.3 Å². The molecule has 5 aromatic rings. The summed E-state index contributed by atoms with van der Waals surface area (Å²) in [5, 5.41) is 7.32. The first kappa shape index (κ1) is 21.4. The molecule has 0 aliphatic heterocycles. The maximum Gasteiger partial charge on any atom is 0.204 e. The first-order chi connectivity index (χ1) is 15.8. The van der Waals surface area contributed by atoms with E-state index in [0.29, 0.717) is 0 Å². The van der Waals surface area contributed by atoms with Gasteiger partial charge >= 0.3 is 0 Å². The molecule has 0 fully saturated rings. The molecule has 0 aliphatic carbocycles. The van der Waals surface area contributed by atoms with E-state index in [4.69, 9.17) is 9.52 Å². The van der Waals surface area contributed by atoms with Crippen LogP contribution in [0.25, 0.3) is 32.5 Å². The largest absolute Gasteiger partial charge is 0.456 e. The van der Waals surface area contributed by atoms with Gasteiger partial charge in [-0.25, -0.2) is 4.98 Å². The zero-order valence-electron chi connectivity index (χ0n) is 19.6. The number of fused-ring (bicyclic) bond motifs is 2. The van der Waals surface area contributed by atoms with Crippen molar-refractivity contribution in [2.24, 2.45) is 5.10 Å². The van der Waals surface area contributed by atoms with E-state index in [9.17, 15) is 0 Å². The van der Waals surface area contributed by atoms with Crippen molar-refractivity contribution in [3.05, 3.63) is 88.8 Å². The summed E-state index contributed by atoms with van der Waals surface area (Å²) in [6, 6.07) is 22.9. The molecule has 33 heavy (non-hydrogen) atoms. The van der Waals surface area contributed by atoms with Crippen molar-refractivity contribution in [1.29, 1.82) is 0 Å². The summed E-state index contributed by atoms with van der Waals surface area (Å²) < 4.78 is 7.48. The van der Waals surface area contributed by atoms with Crippen molar-refractivity contribution in [3.63, 3.8) is 0 Å². The van der Waals surface area contributed by atoms with Gasteiger partial charge in [0, 0.05) is 17.0 Å². The van der Waals surface area contributed by atoms with Gasteiger partial charge in [-0.1, -0.05) is 68.5 Å². The van der Waals surface area contributed by atoms with E-state index in [1.165, 1.54) is 16.7 Å². The van der Waals surface area contributed by atoms with E-state index in [0.717, 1.165) is 43.0 Å². The first-order valence-corrected chi connectivity index (χ1v) is 11.9. The van der Waals surface area contributed by atoms with Crippen LogP contribution in [-0.2, 0) is 5.41 Å². The minimum Gasteiger partial charge on any atom is -0.456 e. The van der Waals surface area contributed by atoms with Gasteiger partial charge in [-0.2, -0.15) is 5.10 Å². The molecule has 5 rings (SSSR count). The third-order valence-corrected chi connectivity index (χ3v) is 6.90. The number of anilines is 1. The van der Waals surface area contributed by atoms with Crippen LogP contribution in [-0.4, -0.2) is 4.98 Å². The van der Waals surface area contributed by atoms with Crippen LogP contribution in [0.5, 0.6) is 0 Å². The number of thiazole rings is 1. The third kappa shape index (κ3) is 4.29. The van der Waals surface area contributed by atoms with E-state index < -0.39 is 0 Å². The second-order valence-electron chi connectivity index (χ2n) is 9.47. The molecule has 0 atom stereocenters. The van der Waals surface area contributed by atoms with Gasteiger partial charge in [0.2, 0.25) is 5.13 Å². The highest BCUT2D eigenvalue weighted by atomic mass is 32.1. The Labute approximate surface area is 197 Å². The summed E-state index contributed by atoms with van der Waals surface area (Å²) in [6.45, 7) is 10.9. The lowest BCUT2D eigenvalue weighted by Crippen LogP contribution is -2.10. The summed E-state index contributed by atoms with van der Waals surface area (Å²) in [6.07, 6.45) is 0. The lowest BCUT2D eigenvalue weighted by atomic mass is 9.86. The summed E-state index contributed by atoms with van der Waals surface area (Å²) in [4.78, 5) is 4.64. The van der Waals surface area contributed by atoms with Gasteiger partial charge in [-0.3, -0.25) is 5.43 Å². The maximum atomic E-state index is 6.35. The van der Waals surface area contributed by atoms with Crippen molar-refractivity contribution in [3.8, 4) is 11.3 Å². The summed E-state index contributed by atoms with van der Waals surface area (Å²) in [7, 11) is 0. The van der Waals surface area contributed by atoms with Crippen LogP contribution in [0.4, 0.5) is 5.13 Å². The van der Waals surface area contributed by atoms with Crippen molar-refractivity contribution in [2.45, 2.75) is 40.0 Å². The highest BCUT2D eigenvalue weighted by Gasteiger charge is 2.14. The zero-order valence-corrected chi connectivity index (χ0v) is 20.4. The van der Waals surface area contributed by atoms with Crippen molar-refractivity contribution in [2.75, 3.05) is 5.43 Å². The minimum atomic E-state index is 0.107. The Hall–Kier alpha value is -3.44. The van der Waals surface area contributed by atoms with E-state index in [-0.39, 0.29) is 5.41 Å². The van der Waals surface area contributed by atoms with Crippen molar-refractivity contribution < 1.29 is 4.42 Å². The molecule has 2 aromatic heterocycles. The molecule has 5 heteroatoms. The molecule has 0 saturated heterocycles. The molecular weight excluding hydrogens is 426 g/mol. The molecule has 0 aliphatic rings. The topological polar surface area (TPSA) is 50.4 Å². The van der Waals surface area contributed by atoms with E-state index in [1.807, 2.05) is 24.3 Å². The molecule has 0 amide bonds. The van der Waals surface area contributed by atoms with Gasteiger partial charge in [0.05, 0.1) is 15.6 Å². The Balaban J connectivity index is 1.63. The number of para-hydroxylation sites is 1. The Morgan fingerprint density at radius 1 is 0.909 bits per heavy atom. The van der Waals surface area contributed by atoms with Crippen molar-refractivity contribution >= 4 is 37.7 Å². The zero-order chi connectivity index (χ0) is 23.2. The van der Waals surface area contributed by atoms with Crippen LogP contribution in [0.1, 0.15) is 37.5 Å². The molecule has 3 aromatic carbocycles. The van der Waals surface area contributed by atoms with Gasteiger partial charge in [0.15, 0.2) is 0 Å². The van der Waals surface area contributed by atoms with E-state index >= 15 is 0 Å². The number of nitrogens with zero attached hydrogens (tertiary/aromatic N) is 2. The third-order valence-electron chi connectivity index (χ3n) is 5.96. The van der Waals surface area contributed by atoms with Crippen LogP contribution in [0.2, 0.25) is 0 Å². The average Bonchev–Trinajstić information content (AvgIpc) is 3.21. The van der Waals surface area contributed by atoms with Crippen LogP contribution in [0.3, 0.4) is 0 Å². The second-order valence-corrected chi connectivity index (χ2v) is 10.5. The van der Waals surface area contributed by atoms with Crippen LogP contribution in [0, 0.1) is 13.8 Å². The first-order valence-electron chi connectivity index (χ1n) is 11.1. The van der Waals surface area contributed by atoms with Gasteiger partial charge in [-0.05, 0) is 60.2 Å². The Morgan fingerprint density at radius 3 is 2.36 bits per heavy atom. The van der Waals surface area contributed by atoms with Gasteiger partial charge in [0.25, 0.3) is 0 Å². The number of hydrogen-bond acceptors (Lipinski definition) is 5. The predicted octanol–water partition coefficient (Wildman–Crippen LogP) is 7.55. The number of aryl methyl sites for hydroxylation is 2. The lowest BCUT2D eigenvalue weighted by molar-refractivity contribution is 0.589. The molecule has 0 radical (unpaired) electrons. The molecule has 0 bridgehead atoms. The summed E-state index contributed by atoms with van der Waals surface area (Å²) in [5.74, 6) is 0.788. The fraction of sp³-hybridized carbons (Fsp3) is 0.214. The van der Waals surface area contributed by atoms with E-state index in [1.54, 1.807) is 11.3 Å². The van der Waals surface area contributed by atoms with Gasteiger partial charge in [-0.15, -0.1) is 0 Å². The molecule has 2 heterocycles. The normalized spacial score (nSPS) is 12.6. The van der Waals surface area contributed by atoms with Crippen LogP contribution in [0.15, 0.2) is 76.2 Å². The Kier molecular flexibility index (Phi) is 5.29. The smallest absolute Gasteiger partial charge is 0.204 e. The second kappa shape index (κ2) is 8.16. The van der Waals surface area contributed by atoms with Crippen LogP contribution >= 0.6 is 11.3 Å². The molecule has 0 saturated carbocycles. The number of benzene rings is 3. The average molecular weight is 454 g/mol. The Bertz CT molecular complexity index is 1500. The fourth-order valence-corrected chi connectivity index (χ4v) is 4.63. The molecule has 0 unspecified atom stereocenters. The monoisotopic (exact) mass is 453 g/mol. The molecule has 4 nitrogen and oxygen atoms in total. The highest BCUT2D eigenvalue weighted by molar-refractivity contribution is 7.22. The van der Waals surface area contributed by atoms with E-state index in [2.05, 4.69) is 87.5 Å². The van der Waals surface area contributed by atoms with Crippen molar-refractivity contribution in [1.82, 2.24) is 4.98 Å². The fourth-order valence-electron chi connectivity index (χ4n) is 3.82. The summed E-state index contributed by atoms with van der Waals surface area (Å²) >= 11 is 1.59. The predicted molar refractivity (Wildman–Crippen MR) is 139 cm³/mol. The molecular formula is C28H27N3OS. The number of nitrogens with one attached hydrogen (secondary N) is 1. The van der Waals surface area contributed by atoms with Gasteiger partial charge < -0.3 is 4.42 Å². The standard InChI is InChI=1S/C28H27N3OS/c1-17-14-21-23(30-31-27-29-22-8-6-7-9-26(22)33-27)16-24(32-25(21)15-18(17)2)19-10-12-20(13-11-19)28(3,4)5/h6-16H,1-5H3,(H,29,31)/b30-23+. The number of rotatable bonds is 3. The number of hydrogen-bond donors (Lipinski definition) is 1. The Morgan fingerprint density at radius 2 is 1.64 bits per heavy atom. The SMILES string of the molecule is Cc1cc2oc(-c3ccc(C(C)(C)C)cc3)c/c(=N\Nc3nc4ccccc4s3)c2cc1C. The molecule has 166 valence electrons. The molecule has 0 spiro atoms. The highest BCUT2D eigenvalue weighted by Crippen LogP contribution is 2.28. The lowest BCUT2D eigenvalue weighted by Gasteiger charge is -2.19. The quantitative estimate of drug-likeness (QED) is 0.287. The maximum absolute atomic E-state index is 6.35. The number of aromatic nitrogens is 1. The minimum absolute atomic E-state index is 0.107. The summed E-state index contributed by atoms with van der Waals surface area (Å²) in [5.41, 5.74) is 9.79. The van der Waals surface area contributed by atoms with Crippen LogP contribution < -0.4 is 10.8 Å².